The van der Waals surface area contributed by atoms with Gasteiger partial charge in [0.1, 0.15) is 23.9 Å². The average Bonchev–Trinajstić information content (AvgIpc) is 2.57. The number of carboxylic acid groups (broad SMARTS) is 3. The van der Waals surface area contributed by atoms with Crippen molar-refractivity contribution in [1.29, 1.82) is 0 Å². The first-order valence-corrected chi connectivity index (χ1v) is 8.92. The fourth-order valence-corrected chi connectivity index (χ4v) is 2.28. The van der Waals surface area contributed by atoms with Crippen LogP contribution in [-0.4, -0.2) is 56.5 Å². The van der Waals surface area contributed by atoms with Crippen molar-refractivity contribution in [2.45, 2.75) is 58.2 Å². The molecule has 1 aromatic rings. The van der Waals surface area contributed by atoms with E-state index in [-0.39, 0.29) is 12.2 Å². The van der Waals surface area contributed by atoms with Gasteiger partial charge in [0.25, 0.3) is 0 Å². The summed E-state index contributed by atoms with van der Waals surface area (Å²) < 4.78 is 0. The summed E-state index contributed by atoms with van der Waals surface area (Å²) in [6.07, 6.45) is 1.23. The van der Waals surface area contributed by atoms with Crippen LogP contribution in [0.3, 0.4) is 0 Å². The zero-order valence-corrected chi connectivity index (χ0v) is 16.3. The third kappa shape index (κ3) is 11.1. The summed E-state index contributed by atoms with van der Waals surface area (Å²) in [5.74, 6) is -2.62. The van der Waals surface area contributed by atoms with Crippen LogP contribution in [0.15, 0.2) is 24.3 Å². The smallest absolute Gasteiger partial charge is 0.320 e. The van der Waals surface area contributed by atoms with Crippen molar-refractivity contribution in [2.24, 2.45) is 11.7 Å². The molecule has 1 rings (SSSR count). The Bertz CT molecular complexity index is 649. The number of rotatable bonds is 10. The van der Waals surface area contributed by atoms with Crippen molar-refractivity contribution in [3.8, 4) is 5.75 Å². The summed E-state index contributed by atoms with van der Waals surface area (Å²) in [7, 11) is 0. The highest BCUT2D eigenvalue weighted by atomic mass is 16.4. The zero-order chi connectivity index (χ0) is 21.9. The lowest BCUT2D eigenvalue weighted by Gasteiger charge is -2.17. The van der Waals surface area contributed by atoms with Gasteiger partial charge in [-0.25, -0.2) is 0 Å². The van der Waals surface area contributed by atoms with Gasteiger partial charge in [0.2, 0.25) is 0 Å². The van der Waals surface area contributed by atoms with Crippen LogP contribution >= 0.6 is 0 Å². The monoisotopic (exact) mass is 398 g/mol. The normalized spacial score (nSPS) is 13.8. The summed E-state index contributed by atoms with van der Waals surface area (Å²) >= 11 is 0. The predicted molar refractivity (Wildman–Crippen MR) is 103 cm³/mol. The van der Waals surface area contributed by atoms with Gasteiger partial charge < -0.3 is 26.2 Å². The molecule has 0 saturated heterocycles. The maximum atomic E-state index is 11.0. The molecule has 0 aliphatic carbocycles. The Kier molecular flexibility index (Phi) is 11.5. The van der Waals surface area contributed by atoms with Gasteiger partial charge in [0.15, 0.2) is 0 Å². The van der Waals surface area contributed by atoms with Gasteiger partial charge in [0, 0.05) is 0 Å². The molecule has 0 saturated carbocycles. The number of aromatic hydroxyl groups is 1. The first-order valence-electron chi connectivity index (χ1n) is 8.92. The van der Waals surface area contributed by atoms with Gasteiger partial charge in [-0.3, -0.25) is 19.7 Å². The molecule has 0 amide bonds. The number of hydrogen-bond acceptors (Lipinski definition) is 6. The van der Waals surface area contributed by atoms with Crippen LogP contribution in [0.1, 0.15) is 39.2 Å². The minimum atomic E-state index is -1.09. The summed E-state index contributed by atoms with van der Waals surface area (Å²) in [6, 6.07) is 3.99. The summed E-state index contributed by atoms with van der Waals surface area (Å²) in [5.41, 5.74) is 6.02. The molecule has 0 bridgehead atoms. The number of phenolic OH excluding ortho intramolecular Hbond substituents is 1. The van der Waals surface area contributed by atoms with E-state index >= 15 is 0 Å². The second-order valence-electron chi connectivity index (χ2n) is 6.90. The van der Waals surface area contributed by atoms with Crippen LogP contribution in [-0.2, 0) is 20.8 Å². The van der Waals surface area contributed by atoms with E-state index < -0.39 is 36.0 Å². The maximum absolute atomic E-state index is 11.0. The molecule has 0 aliphatic rings. The molecule has 7 N–H and O–H groups in total. The maximum Gasteiger partial charge on any atom is 0.320 e. The Balaban J connectivity index is 0.000000684. The van der Waals surface area contributed by atoms with Crippen LogP contribution < -0.4 is 11.1 Å². The van der Waals surface area contributed by atoms with E-state index in [0.29, 0.717) is 18.8 Å². The number of hydrogen-bond donors (Lipinski definition) is 6. The highest BCUT2D eigenvalue weighted by molar-refractivity contribution is 5.77. The van der Waals surface area contributed by atoms with Gasteiger partial charge >= 0.3 is 17.9 Å². The van der Waals surface area contributed by atoms with Gasteiger partial charge in [0.05, 0.1) is 0 Å². The van der Waals surface area contributed by atoms with Gasteiger partial charge in [-0.2, -0.15) is 0 Å². The lowest BCUT2D eigenvalue weighted by molar-refractivity contribution is -0.142. The fraction of sp³-hybridized carbons (Fsp3) is 0.526. The molecule has 0 unspecified atom stereocenters. The van der Waals surface area contributed by atoms with Gasteiger partial charge in [-0.1, -0.05) is 26.0 Å². The molecule has 3 atom stereocenters. The molecule has 9 heteroatoms. The Morgan fingerprint density at radius 2 is 1.64 bits per heavy atom. The van der Waals surface area contributed by atoms with Crippen molar-refractivity contribution in [2.75, 3.05) is 0 Å². The minimum Gasteiger partial charge on any atom is -0.508 e. The van der Waals surface area contributed by atoms with E-state index in [1.165, 1.54) is 13.0 Å². The molecule has 9 nitrogen and oxygen atoms in total. The van der Waals surface area contributed by atoms with Crippen molar-refractivity contribution in [3.63, 3.8) is 0 Å². The fourth-order valence-electron chi connectivity index (χ4n) is 2.28. The number of carbonyl (C=O) groups is 3. The van der Waals surface area contributed by atoms with Crippen LogP contribution in [0.25, 0.3) is 0 Å². The average molecular weight is 398 g/mol. The van der Waals surface area contributed by atoms with E-state index in [0.717, 1.165) is 5.56 Å². The summed E-state index contributed by atoms with van der Waals surface area (Å²) in [4.78, 5) is 31.8. The quantitative estimate of drug-likeness (QED) is 0.340. The second-order valence-corrected chi connectivity index (χ2v) is 6.90. The SMILES string of the molecule is CC(C)C[C@H](N)C(=O)O.C[C@@H](N[C@@H](CCc1cccc(O)c1)C(=O)O)C(=O)O. The highest BCUT2D eigenvalue weighted by Gasteiger charge is 2.22. The van der Waals surface area contributed by atoms with Crippen molar-refractivity contribution < 1.29 is 34.8 Å². The zero-order valence-electron chi connectivity index (χ0n) is 16.3. The molecule has 0 spiro atoms. The lowest BCUT2D eigenvalue weighted by atomic mass is 10.0. The van der Waals surface area contributed by atoms with Crippen LogP contribution in [0.4, 0.5) is 0 Å². The molecule has 158 valence electrons. The van der Waals surface area contributed by atoms with Crippen molar-refractivity contribution >= 4 is 17.9 Å². The standard InChI is InChI=1S/C13H17NO5.C6H13NO2/c1-8(12(16)17)14-11(13(18)19)6-5-9-3-2-4-10(15)7-9;1-4(2)3-5(7)6(8)9/h2-4,7-8,11,14-15H,5-6H2,1H3,(H,16,17)(H,18,19);4-5H,3,7H2,1-2H3,(H,8,9)/t8-,11+;5-/m10/s1. The van der Waals surface area contributed by atoms with E-state index in [4.69, 9.17) is 21.1 Å². The van der Waals surface area contributed by atoms with Gasteiger partial charge in [-0.15, -0.1) is 0 Å². The van der Waals surface area contributed by atoms with Crippen LogP contribution in [0.2, 0.25) is 0 Å². The third-order valence-corrected chi connectivity index (χ3v) is 3.79. The molecule has 0 aliphatic heterocycles. The number of phenols is 1. The Labute approximate surface area is 164 Å². The van der Waals surface area contributed by atoms with Crippen LogP contribution in [0.5, 0.6) is 5.75 Å². The molecule has 1 aromatic carbocycles. The number of aliphatic carboxylic acids is 3. The summed E-state index contributed by atoms with van der Waals surface area (Å²) in [6.45, 7) is 5.29. The first kappa shape index (κ1) is 25.4. The molecule has 0 fully saturated rings. The van der Waals surface area contributed by atoms with Gasteiger partial charge in [-0.05, 0) is 49.8 Å². The molecule has 0 aromatic heterocycles. The number of benzene rings is 1. The lowest BCUT2D eigenvalue weighted by Crippen LogP contribution is -2.45. The number of aryl methyl sites for hydroxylation is 1. The van der Waals surface area contributed by atoms with Crippen LogP contribution in [0, 0.1) is 5.92 Å². The number of nitrogens with one attached hydrogen (secondary N) is 1. The van der Waals surface area contributed by atoms with E-state index in [2.05, 4.69) is 5.32 Å². The second kappa shape index (κ2) is 12.7. The van der Waals surface area contributed by atoms with E-state index in [9.17, 15) is 19.5 Å². The number of nitrogens with two attached hydrogens (primary N) is 1. The minimum absolute atomic E-state index is 0.122. The molecule has 28 heavy (non-hydrogen) atoms. The van der Waals surface area contributed by atoms with Crippen molar-refractivity contribution in [1.82, 2.24) is 5.32 Å². The molecule has 0 heterocycles. The van der Waals surface area contributed by atoms with E-state index in [1.807, 2.05) is 13.8 Å². The topological polar surface area (TPSA) is 170 Å². The molecular formula is C19H30N2O7. The number of carboxylic acids is 3. The first-order chi connectivity index (χ1) is 12.9. The molecule has 0 radical (unpaired) electrons. The highest BCUT2D eigenvalue weighted by Crippen LogP contribution is 2.13. The Morgan fingerprint density at radius 3 is 2.04 bits per heavy atom. The Morgan fingerprint density at radius 1 is 1.04 bits per heavy atom. The largest absolute Gasteiger partial charge is 0.508 e. The van der Waals surface area contributed by atoms with E-state index in [1.54, 1.807) is 18.2 Å². The predicted octanol–water partition coefficient (Wildman–Crippen LogP) is 1.29. The van der Waals surface area contributed by atoms with Crippen molar-refractivity contribution in [3.05, 3.63) is 29.8 Å². The third-order valence-electron chi connectivity index (χ3n) is 3.79. The summed E-state index contributed by atoms with van der Waals surface area (Å²) in [5, 5.41) is 37.9. The molecular weight excluding hydrogens is 368 g/mol. The Hall–Kier alpha value is -2.65.